The largest absolute Gasteiger partial charge is 0.457 e. The van der Waals surface area contributed by atoms with Crippen LogP contribution in [0.4, 0.5) is 0 Å². The van der Waals surface area contributed by atoms with Crippen LogP contribution in [0.5, 0.6) is 0 Å². The van der Waals surface area contributed by atoms with E-state index in [1.165, 1.54) is 0 Å². The molecule has 6 aromatic rings. The Morgan fingerprint density at radius 3 is 1.08 bits per heavy atom. The fourth-order valence-electron chi connectivity index (χ4n) is 8.34. The normalized spacial score (nSPS) is 11.9. The van der Waals surface area contributed by atoms with Crippen molar-refractivity contribution in [2.24, 2.45) is 0 Å². The zero-order valence-corrected chi connectivity index (χ0v) is 38.6. The van der Waals surface area contributed by atoms with Crippen LogP contribution < -0.4 is 21.2 Å². The van der Waals surface area contributed by atoms with Crippen LogP contribution >= 0.6 is 14.3 Å². The molecule has 6 rings (SSSR count). The van der Waals surface area contributed by atoms with Gasteiger partial charge in [-0.2, -0.15) is 0 Å². The number of esters is 2. The van der Waals surface area contributed by atoms with Gasteiger partial charge in [-0.1, -0.05) is 133 Å². The number of ether oxygens (including phenoxy) is 2. The van der Waals surface area contributed by atoms with Crippen molar-refractivity contribution in [3.8, 4) is 0 Å². The molecule has 0 saturated carbocycles. The SMILES string of the molecule is Cc1cc(C)c(C(=O)P(=O)(c2ccccc2)c2ccccc2)c(C)c1C(=O)COC(=O)CC(O)C(=O)OCC(=O)c1c(C)cc(C)c(C(=O)P(=O)(c2ccccc2)c2ccccc2)c1C. The Balaban J connectivity index is 1.13. The molecular weight excluding hydrogens is 863 g/mol. The maximum Gasteiger partial charge on any atom is 0.336 e. The Labute approximate surface area is 377 Å². The Kier molecular flexibility index (Phi) is 14.7. The van der Waals surface area contributed by atoms with Crippen LogP contribution in [-0.4, -0.2) is 59.0 Å². The van der Waals surface area contributed by atoms with Gasteiger partial charge in [-0.15, -0.1) is 0 Å². The van der Waals surface area contributed by atoms with E-state index in [-0.39, 0.29) is 33.4 Å². The maximum absolute atomic E-state index is 14.9. The number of aliphatic hydroxyl groups is 1. The number of carbonyl (C=O) groups excluding carboxylic acids is 6. The summed E-state index contributed by atoms with van der Waals surface area (Å²) >= 11 is 0. The van der Waals surface area contributed by atoms with Gasteiger partial charge in [0.05, 0.1) is 6.42 Å². The van der Waals surface area contributed by atoms with E-state index in [0.29, 0.717) is 43.5 Å². The van der Waals surface area contributed by atoms with Crippen molar-refractivity contribution < 1.29 is 52.5 Å². The van der Waals surface area contributed by atoms with Gasteiger partial charge in [0.2, 0.25) is 36.9 Å². The zero-order valence-electron chi connectivity index (χ0n) is 36.8. The molecule has 6 aromatic carbocycles. The number of ketones is 2. The lowest BCUT2D eigenvalue weighted by atomic mass is 9.92. The molecule has 1 N–H and O–H groups in total. The predicted molar refractivity (Wildman–Crippen MR) is 251 cm³/mol. The van der Waals surface area contributed by atoms with Gasteiger partial charge in [-0.3, -0.25) is 24.0 Å². The quantitative estimate of drug-likeness (QED) is 0.0538. The van der Waals surface area contributed by atoms with Crippen molar-refractivity contribution >= 4 is 70.1 Å². The van der Waals surface area contributed by atoms with E-state index in [9.17, 15) is 43.0 Å². The van der Waals surface area contributed by atoms with E-state index in [1.54, 1.807) is 175 Å². The molecule has 0 fully saturated rings. The molecule has 0 bridgehead atoms. The first kappa shape index (κ1) is 47.8. The van der Waals surface area contributed by atoms with Crippen molar-refractivity contribution in [3.63, 3.8) is 0 Å². The average molecular weight is 911 g/mol. The molecule has 0 amide bonds. The molecule has 13 heteroatoms. The molecule has 11 nitrogen and oxygen atoms in total. The number of aryl methyl sites for hydroxylation is 4. The van der Waals surface area contributed by atoms with Crippen LogP contribution in [0.15, 0.2) is 133 Å². The second-order valence-corrected chi connectivity index (χ2v) is 21.1. The summed E-state index contributed by atoms with van der Waals surface area (Å²) in [6, 6.07) is 36.8. The molecule has 1 unspecified atom stereocenters. The molecule has 0 aromatic heterocycles. The highest BCUT2D eigenvalue weighted by Gasteiger charge is 2.40. The summed E-state index contributed by atoms with van der Waals surface area (Å²) in [6.07, 6.45) is -2.98. The van der Waals surface area contributed by atoms with Gasteiger partial charge in [0, 0.05) is 43.5 Å². The van der Waals surface area contributed by atoms with Gasteiger partial charge < -0.3 is 23.7 Å². The third-order valence-corrected chi connectivity index (χ3v) is 17.0. The summed E-state index contributed by atoms with van der Waals surface area (Å²) in [7, 11) is -7.88. The van der Waals surface area contributed by atoms with Gasteiger partial charge in [0.25, 0.3) is 0 Å². The van der Waals surface area contributed by atoms with Gasteiger partial charge in [-0.25, -0.2) is 4.79 Å². The van der Waals surface area contributed by atoms with E-state index in [4.69, 9.17) is 9.47 Å². The van der Waals surface area contributed by atoms with E-state index < -0.39 is 74.6 Å². The number of aliphatic hydroxyl groups excluding tert-OH is 1. The molecule has 332 valence electrons. The summed E-state index contributed by atoms with van der Waals surface area (Å²) in [6.45, 7) is 8.14. The molecular formula is C52H48O11P2. The van der Waals surface area contributed by atoms with Crippen molar-refractivity contribution in [1.29, 1.82) is 0 Å². The summed E-state index contributed by atoms with van der Waals surface area (Å²) < 4.78 is 40.1. The molecule has 0 spiro atoms. The Bertz CT molecular complexity index is 2840. The van der Waals surface area contributed by atoms with Crippen molar-refractivity contribution in [1.82, 2.24) is 0 Å². The number of Topliss-reactive ketones (excluding diaryl/α,β-unsaturated/α-hetero) is 2. The predicted octanol–water partition coefficient (Wildman–Crippen LogP) is 7.75. The second kappa shape index (κ2) is 20.0. The molecule has 1 atom stereocenters. The molecule has 0 aliphatic rings. The third-order valence-electron chi connectivity index (χ3n) is 11.3. The van der Waals surface area contributed by atoms with Gasteiger partial charge >= 0.3 is 11.9 Å². The summed E-state index contributed by atoms with van der Waals surface area (Å²) in [5, 5.41) is 11.9. The minimum atomic E-state index is -3.94. The molecule has 65 heavy (non-hydrogen) atoms. The molecule has 0 saturated heterocycles. The number of hydrogen-bond donors (Lipinski definition) is 1. The Morgan fingerprint density at radius 2 is 0.754 bits per heavy atom. The highest BCUT2D eigenvalue weighted by atomic mass is 31.2. The zero-order chi connectivity index (χ0) is 47.2. The maximum atomic E-state index is 14.9. The molecule has 0 heterocycles. The van der Waals surface area contributed by atoms with E-state index in [0.717, 1.165) is 0 Å². The molecule has 0 aliphatic carbocycles. The number of benzene rings is 6. The Hall–Kier alpha value is -6.64. The van der Waals surface area contributed by atoms with Crippen LogP contribution in [0, 0.1) is 41.5 Å². The first-order chi connectivity index (χ1) is 30.9. The smallest absolute Gasteiger partial charge is 0.336 e. The summed E-state index contributed by atoms with van der Waals surface area (Å²) in [5.41, 5.74) is 1.49. The average Bonchev–Trinajstić information content (AvgIpc) is 3.30. The fraction of sp³-hybridized carbons (Fsp3) is 0.192. The van der Waals surface area contributed by atoms with Gasteiger partial charge in [0.1, 0.15) is 0 Å². The lowest BCUT2D eigenvalue weighted by Gasteiger charge is -2.22. The van der Waals surface area contributed by atoms with Gasteiger partial charge in [-0.05, 0) is 74.9 Å². The standard InChI is InChI=1S/C52H48O11P2/c1-32-27-34(3)48(51(58)64(60,38-19-11-7-12-20-38)39-21-13-8-14-22-39)36(5)46(32)43(54)30-62-45(56)29-42(53)50(57)63-31-44(55)47-33(2)28-35(4)49(37(47)6)52(59)65(61,40-23-15-9-16-24-40)41-25-17-10-18-26-41/h7-28,42,53H,29-31H2,1-6H3. The highest BCUT2D eigenvalue weighted by molar-refractivity contribution is 7.94. The number of rotatable bonds is 17. The topological polar surface area (TPSA) is 175 Å². The minimum Gasteiger partial charge on any atom is -0.457 e. The van der Waals surface area contributed by atoms with E-state index >= 15 is 0 Å². The lowest BCUT2D eigenvalue weighted by molar-refractivity contribution is -0.158. The van der Waals surface area contributed by atoms with Crippen LogP contribution in [0.1, 0.15) is 81.2 Å². The molecule has 0 aliphatic heterocycles. The monoisotopic (exact) mass is 910 g/mol. The van der Waals surface area contributed by atoms with Gasteiger partial charge in [0.15, 0.2) is 19.3 Å². The number of hydrogen-bond acceptors (Lipinski definition) is 11. The Morgan fingerprint density at radius 1 is 0.462 bits per heavy atom. The highest BCUT2D eigenvalue weighted by Crippen LogP contribution is 2.49. The lowest BCUT2D eigenvalue weighted by Crippen LogP contribution is -2.30. The van der Waals surface area contributed by atoms with E-state index in [1.807, 2.05) is 0 Å². The van der Waals surface area contributed by atoms with Crippen molar-refractivity contribution in [3.05, 3.63) is 189 Å². The molecule has 0 radical (unpaired) electrons. The van der Waals surface area contributed by atoms with Crippen molar-refractivity contribution in [2.45, 2.75) is 54.1 Å². The third kappa shape index (κ3) is 9.59. The van der Waals surface area contributed by atoms with Crippen molar-refractivity contribution in [2.75, 3.05) is 13.2 Å². The summed E-state index contributed by atoms with van der Waals surface area (Å²) in [4.78, 5) is 82.0. The van der Waals surface area contributed by atoms with Crippen LogP contribution in [0.25, 0.3) is 0 Å². The minimum absolute atomic E-state index is 0.0707. The fourth-order valence-corrected chi connectivity index (χ4v) is 13.6. The number of carbonyl (C=O) groups is 6. The summed E-state index contributed by atoms with van der Waals surface area (Å²) in [5.74, 6) is -3.82. The van der Waals surface area contributed by atoms with Crippen LogP contribution in [0.3, 0.4) is 0 Å². The second-order valence-electron chi connectivity index (χ2n) is 15.8. The van der Waals surface area contributed by atoms with Crippen LogP contribution in [0.2, 0.25) is 0 Å². The first-order valence-electron chi connectivity index (χ1n) is 20.7. The van der Waals surface area contributed by atoms with E-state index in [2.05, 4.69) is 0 Å². The van der Waals surface area contributed by atoms with Crippen LogP contribution in [-0.2, 0) is 28.2 Å². The first-order valence-corrected chi connectivity index (χ1v) is 24.1.